The number of nitrogens with zero attached hydrogens (tertiary/aromatic N) is 3. The van der Waals surface area contributed by atoms with Gasteiger partial charge in [-0.3, -0.25) is 15.0 Å². The van der Waals surface area contributed by atoms with Gasteiger partial charge in [0.25, 0.3) is 0 Å². The van der Waals surface area contributed by atoms with Crippen molar-refractivity contribution in [2.75, 3.05) is 6.54 Å². The van der Waals surface area contributed by atoms with Gasteiger partial charge in [-0.2, -0.15) is 0 Å². The maximum Gasteiger partial charge on any atom is 0.163 e. The molecule has 3 rings (SSSR count). The molecular weight excluding hydrogens is 358 g/mol. The van der Waals surface area contributed by atoms with Crippen molar-refractivity contribution in [1.29, 1.82) is 0 Å². The minimum absolute atomic E-state index is 0.0544. The predicted octanol–water partition coefficient (Wildman–Crippen LogP) is 4.26. The molecule has 0 bridgehead atoms. The Labute approximate surface area is 163 Å². The Bertz CT molecular complexity index is 856. The van der Waals surface area contributed by atoms with Crippen LogP contribution in [-0.2, 0) is 16.6 Å². The zero-order chi connectivity index (χ0) is 19.4. The molecule has 0 atom stereocenters. The molecule has 0 fully saturated rings. The standard InChI is InChI=1S/C21H23N3O2S/c1-21(2,3)17-6-4-15(5-7-17)12-18(25)13-22-20-19(27-14-23-20)16-8-10-24(26)11-9-16/h4-11,14,26H,12-13H2,1-3H3. The number of hydroxylamine groups is 2. The van der Waals surface area contributed by atoms with Gasteiger partial charge in [0.05, 0.1) is 10.5 Å². The van der Waals surface area contributed by atoms with E-state index in [0.717, 1.165) is 21.1 Å². The maximum absolute atomic E-state index is 12.3. The molecule has 0 unspecified atom stereocenters. The zero-order valence-corrected chi connectivity index (χ0v) is 16.5. The number of hydrogen-bond donors (Lipinski definition) is 1. The number of carbonyl (C=O) groups excluding carboxylic acids is 1. The number of Topliss-reactive ketones (excluding diaryl/α,β-unsaturated/α-hetero) is 1. The van der Waals surface area contributed by atoms with Crippen LogP contribution in [0.4, 0.5) is 0 Å². The molecule has 140 valence electrons. The largest absolute Gasteiger partial charge is 0.297 e. The summed E-state index contributed by atoms with van der Waals surface area (Å²) < 4.78 is 0. The molecule has 0 saturated carbocycles. The van der Waals surface area contributed by atoms with Crippen molar-refractivity contribution in [2.45, 2.75) is 32.6 Å². The van der Waals surface area contributed by atoms with Gasteiger partial charge in [-0.15, -0.1) is 0 Å². The second-order valence-corrected chi connectivity index (χ2v) is 8.31. The molecular formula is C21H23N3O2S. The van der Waals surface area contributed by atoms with Gasteiger partial charge < -0.3 is 0 Å². The van der Waals surface area contributed by atoms with E-state index in [4.69, 9.17) is 0 Å². The summed E-state index contributed by atoms with van der Waals surface area (Å²) in [7, 11) is 0. The van der Waals surface area contributed by atoms with E-state index < -0.39 is 0 Å². The molecule has 0 amide bonds. The van der Waals surface area contributed by atoms with Gasteiger partial charge in [0.15, 0.2) is 11.6 Å². The van der Waals surface area contributed by atoms with Crippen LogP contribution in [-0.4, -0.2) is 34.0 Å². The summed E-state index contributed by atoms with van der Waals surface area (Å²) in [4.78, 5) is 21.9. The van der Waals surface area contributed by atoms with Crippen molar-refractivity contribution in [1.82, 2.24) is 5.06 Å². The van der Waals surface area contributed by atoms with Gasteiger partial charge in [0, 0.05) is 18.8 Å². The van der Waals surface area contributed by atoms with Crippen LogP contribution in [0.25, 0.3) is 0 Å². The monoisotopic (exact) mass is 381 g/mol. The Morgan fingerprint density at radius 2 is 1.85 bits per heavy atom. The molecule has 1 N–H and O–H groups in total. The van der Waals surface area contributed by atoms with Crippen LogP contribution >= 0.6 is 11.8 Å². The first-order valence-electron chi connectivity index (χ1n) is 8.76. The topological polar surface area (TPSA) is 65.3 Å². The normalized spacial score (nSPS) is 18.1. The smallest absolute Gasteiger partial charge is 0.163 e. The third-order valence-electron chi connectivity index (χ3n) is 4.25. The van der Waals surface area contributed by atoms with E-state index in [1.807, 2.05) is 12.1 Å². The minimum Gasteiger partial charge on any atom is -0.297 e. The SMILES string of the molecule is CC(C)(C)c1ccc(CC(=O)CN=C2N=CSC2=C2C=CN(O)C=C2)cc1. The molecule has 1 aromatic rings. The third kappa shape index (κ3) is 5.05. The molecule has 0 spiro atoms. The minimum atomic E-state index is 0.0544. The molecule has 2 aliphatic rings. The highest BCUT2D eigenvalue weighted by Crippen LogP contribution is 2.28. The fraction of sp³-hybridized carbons (Fsp3) is 0.286. The first kappa shape index (κ1) is 19.3. The maximum atomic E-state index is 12.3. The van der Waals surface area contributed by atoms with Crippen LogP contribution in [0.15, 0.2) is 69.3 Å². The van der Waals surface area contributed by atoms with Crippen molar-refractivity contribution in [2.24, 2.45) is 9.98 Å². The Balaban J connectivity index is 1.64. The summed E-state index contributed by atoms with van der Waals surface area (Å²) in [5.74, 6) is 0.617. The Morgan fingerprint density at radius 3 is 2.48 bits per heavy atom. The summed E-state index contributed by atoms with van der Waals surface area (Å²) in [6.45, 7) is 6.61. The summed E-state index contributed by atoms with van der Waals surface area (Å²) in [6.07, 6.45) is 7.02. The van der Waals surface area contributed by atoms with E-state index in [2.05, 4.69) is 42.9 Å². The molecule has 2 heterocycles. The molecule has 5 nitrogen and oxygen atoms in total. The number of ketones is 1. The van der Waals surface area contributed by atoms with Gasteiger partial charge >= 0.3 is 0 Å². The highest BCUT2D eigenvalue weighted by molar-refractivity contribution is 8.16. The predicted molar refractivity (Wildman–Crippen MR) is 111 cm³/mol. The molecule has 0 radical (unpaired) electrons. The van der Waals surface area contributed by atoms with Gasteiger partial charge in [-0.25, -0.2) is 10.1 Å². The number of benzene rings is 1. The second-order valence-electron chi connectivity index (χ2n) is 7.45. The highest BCUT2D eigenvalue weighted by atomic mass is 32.2. The van der Waals surface area contributed by atoms with Crippen molar-refractivity contribution < 1.29 is 10.0 Å². The average molecular weight is 382 g/mol. The van der Waals surface area contributed by atoms with Gasteiger partial charge in [0.1, 0.15) is 6.54 Å². The lowest BCUT2D eigenvalue weighted by Gasteiger charge is -2.19. The zero-order valence-electron chi connectivity index (χ0n) is 15.7. The number of thioether (sulfide) groups is 1. The first-order valence-corrected chi connectivity index (χ1v) is 9.64. The molecule has 27 heavy (non-hydrogen) atoms. The second kappa shape index (κ2) is 8.06. The summed E-state index contributed by atoms with van der Waals surface area (Å²) in [6, 6.07) is 8.20. The number of aliphatic imine (C=N–C) groups is 2. The molecule has 1 aromatic carbocycles. The van der Waals surface area contributed by atoms with Crippen LogP contribution in [0, 0.1) is 0 Å². The summed E-state index contributed by atoms with van der Waals surface area (Å²) in [5, 5.41) is 10.3. The lowest BCUT2D eigenvalue weighted by Crippen LogP contribution is -2.12. The molecule has 0 saturated heterocycles. The van der Waals surface area contributed by atoms with Gasteiger partial charge in [-0.05, 0) is 34.3 Å². The Morgan fingerprint density at radius 1 is 1.19 bits per heavy atom. The van der Waals surface area contributed by atoms with Crippen molar-refractivity contribution in [3.05, 3.63) is 70.4 Å². The van der Waals surface area contributed by atoms with E-state index in [0.29, 0.717) is 12.3 Å². The van der Waals surface area contributed by atoms with Crippen LogP contribution in [0.1, 0.15) is 31.9 Å². The Kier molecular flexibility index (Phi) is 5.77. The number of rotatable bonds is 4. The lowest BCUT2D eigenvalue weighted by molar-refractivity contribution is -0.117. The first-order chi connectivity index (χ1) is 12.8. The van der Waals surface area contributed by atoms with Crippen LogP contribution in [0.5, 0.6) is 0 Å². The average Bonchev–Trinajstić information content (AvgIpc) is 3.09. The van der Waals surface area contributed by atoms with E-state index in [9.17, 15) is 10.0 Å². The molecule has 6 heteroatoms. The summed E-state index contributed by atoms with van der Waals surface area (Å²) in [5.41, 5.74) is 4.97. The Hall–Kier alpha value is -2.44. The van der Waals surface area contributed by atoms with Gasteiger partial charge in [-0.1, -0.05) is 56.8 Å². The van der Waals surface area contributed by atoms with Crippen LogP contribution in [0.3, 0.4) is 0 Å². The molecule has 0 aromatic heterocycles. The fourth-order valence-electron chi connectivity index (χ4n) is 2.69. The molecule has 0 aliphatic carbocycles. The third-order valence-corrected chi connectivity index (χ3v) is 5.12. The number of hydrogen-bond acceptors (Lipinski definition) is 5. The van der Waals surface area contributed by atoms with Gasteiger partial charge in [0.2, 0.25) is 0 Å². The van der Waals surface area contributed by atoms with Crippen LogP contribution < -0.4 is 0 Å². The number of amidine groups is 1. The fourth-order valence-corrected chi connectivity index (χ4v) is 3.44. The van der Waals surface area contributed by atoms with E-state index in [-0.39, 0.29) is 17.7 Å². The van der Waals surface area contributed by atoms with Crippen molar-refractivity contribution in [3.8, 4) is 0 Å². The lowest BCUT2D eigenvalue weighted by atomic mass is 9.86. The van der Waals surface area contributed by atoms with E-state index in [1.54, 1.807) is 30.1 Å². The molecule has 2 aliphatic heterocycles. The van der Waals surface area contributed by atoms with E-state index >= 15 is 0 Å². The van der Waals surface area contributed by atoms with Crippen molar-refractivity contribution >= 4 is 28.9 Å². The van der Waals surface area contributed by atoms with E-state index in [1.165, 1.54) is 17.3 Å². The summed E-state index contributed by atoms with van der Waals surface area (Å²) >= 11 is 1.46. The number of allylic oxidation sites excluding steroid dienone is 3. The van der Waals surface area contributed by atoms with Crippen LogP contribution in [0.2, 0.25) is 0 Å². The highest BCUT2D eigenvalue weighted by Gasteiger charge is 2.17. The quantitative estimate of drug-likeness (QED) is 0.846. The number of carbonyl (C=O) groups is 1. The van der Waals surface area contributed by atoms with Crippen molar-refractivity contribution in [3.63, 3.8) is 0 Å².